The van der Waals surface area contributed by atoms with Gasteiger partial charge in [-0.25, -0.2) is 0 Å². The van der Waals surface area contributed by atoms with Crippen LogP contribution in [0.25, 0.3) is 0 Å². The van der Waals surface area contributed by atoms with Crippen molar-refractivity contribution in [1.29, 1.82) is 0 Å². The number of aromatic hydroxyl groups is 1. The van der Waals surface area contributed by atoms with E-state index in [1.807, 2.05) is 0 Å². The minimum atomic E-state index is -4.49. The lowest BCUT2D eigenvalue weighted by Gasteiger charge is -2.14. The summed E-state index contributed by atoms with van der Waals surface area (Å²) in [5, 5.41) is 10.3. The van der Waals surface area contributed by atoms with E-state index in [4.69, 9.17) is 0 Å². The lowest BCUT2D eigenvalue weighted by atomic mass is 10.00. The molecule has 102 valence electrons. The van der Waals surface area contributed by atoms with Crippen LogP contribution < -0.4 is 0 Å². The van der Waals surface area contributed by atoms with Crippen molar-refractivity contribution in [2.45, 2.75) is 38.3 Å². The molecule has 0 radical (unpaired) electrons. The summed E-state index contributed by atoms with van der Waals surface area (Å²) in [5.41, 5.74) is -0.702. The lowest BCUT2D eigenvalue weighted by Crippen LogP contribution is -2.09. The number of benzene rings is 1. The molecule has 1 aromatic carbocycles. The van der Waals surface area contributed by atoms with Crippen molar-refractivity contribution in [2.24, 2.45) is 0 Å². The maximum atomic E-state index is 12.8. The molecule has 0 aliphatic carbocycles. The second kappa shape index (κ2) is 7.02. The van der Waals surface area contributed by atoms with Gasteiger partial charge in [0.2, 0.25) is 0 Å². The Morgan fingerprint density at radius 1 is 1.06 bits per heavy atom. The van der Waals surface area contributed by atoms with E-state index in [0.717, 1.165) is 30.7 Å². The minimum Gasteiger partial charge on any atom is -0.507 e. The zero-order valence-corrected chi connectivity index (χ0v) is 11.5. The summed E-state index contributed by atoms with van der Waals surface area (Å²) in [6.07, 6.45) is -0.488. The third-order valence-electron chi connectivity index (χ3n) is 2.74. The van der Waals surface area contributed by atoms with Crippen LogP contribution in [-0.4, -0.2) is 10.4 Å². The number of alkyl halides is 4. The molecule has 0 amide bonds. The highest BCUT2D eigenvalue weighted by atomic mass is 79.9. The number of phenols is 1. The van der Waals surface area contributed by atoms with E-state index in [2.05, 4.69) is 15.9 Å². The Bertz CT molecular complexity index is 377. The molecule has 5 heteroatoms. The third-order valence-corrected chi connectivity index (χ3v) is 3.30. The molecule has 1 N–H and O–H groups in total. The summed E-state index contributed by atoms with van der Waals surface area (Å²) >= 11 is 3.31. The molecular weight excluding hydrogens is 309 g/mol. The predicted octanol–water partition coefficient (Wildman–Crippen LogP) is 4.91. The van der Waals surface area contributed by atoms with Crippen LogP contribution >= 0.6 is 15.9 Å². The van der Waals surface area contributed by atoms with Crippen molar-refractivity contribution < 1.29 is 18.3 Å². The van der Waals surface area contributed by atoms with E-state index >= 15 is 0 Å². The topological polar surface area (TPSA) is 20.2 Å². The van der Waals surface area contributed by atoms with E-state index in [1.165, 1.54) is 12.1 Å². The van der Waals surface area contributed by atoms with Gasteiger partial charge in [0.25, 0.3) is 0 Å². The second-order valence-corrected chi connectivity index (χ2v) is 4.96. The first-order chi connectivity index (χ1) is 8.46. The van der Waals surface area contributed by atoms with Gasteiger partial charge in [0, 0.05) is 5.33 Å². The molecule has 0 aromatic heterocycles. The summed E-state index contributed by atoms with van der Waals surface area (Å²) in [7, 11) is 0. The highest BCUT2D eigenvalue weighted by molar-refractivity contribution is 9.09. The Morgan fingerprint density at radius 3 is 2.33 bits per heavy atom. The van der Waals surface area contributed by atoms with Crippen molar-refractivity contribution in [3.8, 4) is 5.75 Å². The molecule has 1 rings (SSSR count). The molecule has 0 heterocycles. The number of hydrogen-bond donors (Lipinski definition) is 1. The Balaban J connectivity index is 2.68. The zero-order valence-electron chi connectivity index (χ0n) is 9.93. The zero-order chi connectivity index (χ0) is 13.6. The van der Waals surface area contributed by atoms with E-state index < -0.39 is 17.5 Å². The van der Waals surface area contributed by atoms with Gasteiger partial charge in [-0.1, -0.05) is 40.9 Å². The molecular formula is C13H16BrF3O. The van der Waals surface area contributed by atoms with Crippen LogP contribution in [0, 0.1) is 0 Å². The largest absolute Gasteiger partial charge is 0.507 e. The van der Waals surface area contributed by atoms with Crippen molar-refractivity contribution in [3.63, 3.8) is 0 Å². The van der Waals surface area contributed by atoms with Crippen LogP contribution in [-0.2, 0) is 12.6 Å². The first kappa shape index (κ1) is 15.3. The smallest absolute Gasteiger partial charge is 0.420 e. The molecule has 0 fully saturated rings. The summed E-state index contributed by atoms with van der Waals surface area (Å²) < 4.78 is 38.3. The normalized spacial score (nSPS) is 11.8. The monoisotopic (exact) mass is 324 g/mol. The van der Waals surface area contributed by atoms with Gasteiger partial charge in [-0.15, -0.1) is 0 Å². The van der Waals surface area contributed by atoms with Gasteiger partial charge >= 0.3 is 6.18 Å². The third kappa shape index (κ3) is 4.52. The standard InChI is InChI=1S/C13H16BrF3O/c14-9-4-2-1-3-6-10-7-5-8-11(18)12(10)13(15,16)17/h5,7-8,18H,1-4,6,9H2. The Kier molecular flexibility index (Phi) is 5.99. The van der Waals surface area contributed by atoms with Gasteiger partial charge in [0.15, 0.2) is 0 Å². The summed E-state index contributed by atoms with van der Waals surface area (Å²) in [5.74, 6) is -0.680. The summed E-state index contributed by atoms with van der Waals surface area (Å²) in [6.45, 7) is 0. The van der Waals surface area contributed by atoms with Crippen LogP contribution in [0.2, 0.25) is 0 Å². The molecule has 0 atom stereocenters. The predicted molar refractivity (Wildman–Crippen MR) is 69.1 cm³/mol. The molecule has 0 saturated heterocycles. The van der Waals surface area contributed by atoms with Gasteiger partial charge in [0.05, 0.1) is 0 Å². The number of aryl methyl sites for hydroxylation is 1. The second-order valence-electron chi connectivity index (χ2n) is 4.16. The SMILES string of the molecule is Oc1cccc(CCCCCCBr)c1C(F)(F)F. The van der Waals surface area contributed by atoms with Gasteiger partial charge in [-0.05, 0) is 30.9 Å². The Morgan fingerprint density at radius 2 is 1.72 bits per heavy atom. The first-order valence-corrected chi connectivity index (χ1v) is 7.03. The van der Waals surface area contributed by atoms with Gasteiger partial charge in [-0.2, -0.15) is 13.2 Å². The fraction of sp³-hybridized carbons (Fsp3) is 0.538. The number of hydrogen-bond acceptors (Lipinski definition) is 1. The molecule has 1 aromatic rings. The van der Waals surface area contributed by atoms with Crippen molar-refractivity contribution >= 4 is 15.9 Å². The fourth-order valence-electron chi connectivity index (χ4n) is 1.89. The molecule has 0 spiro atoms. The van der Waals surface area contributed by atoms with E-state index in [9.17, 15) is 18.3 Å². The average molecular weight is 325 g/mol. The number of rotatable bonds is 6. The lowest BCUT2D eigenvalue weighted by molar-refractivity contribution is -0.139. The molecule has 0 saturated carbocycles. The number of phenolic OH excluding ortho intramolecular Hbond substituents is 1. The van der Waals surface area contributed by atoms with Crippen LogP contribution in [0.5, 0.6) is 5.75 Å². The first-order valence-electron chi connectivity index (χ1n) is 5.91. The molecule has 18 heavy (non-hydrogen) atoms. The fourth-order valence-corrected chi connectivity index (χ4v) is 2.28. The van der Waals surface area contributed by atoms with Crippen LogP contribution in [0.15, 0.2) is 18.2 Å². The van der Waals surface area contributed by atoms with Gasteiger partial charge < -0.3 is 5.11 Å². The maximum absolute atomic E-state index is 12.8. The molecule has 0 bridgehead atoms. The minimum absolute atomic E-state index is 0.182. The van der Waals surface area contributed by atoms with Crippen LogP contribution in [0.4, 0.5) is 13.2 Å². The summed E-state index contributed by atoms with van der Waals surface area (Å²) in [4.78, 5) is 0. The summed E-state index contributed by atoms with van der Waals surface area (Å²) in [6, 6.07) is 3.97. The Hall–Kier alpha value is -0.710. The van der Waals surface area contributed by atoms with Crippen LogP contribution in [0.3, 0.4) is 0 Å². The van der Waals surface area contributed by atoms with Gasteiger partial charge in [-0.3, -0.25) is 0 Å². The molecule has 0 unspecified atom stereocenters. The Labute approximate surface area is 113 Å². The highest BCUT2D eigenvalue weighted by Crippen LogP contribution is 2.38. The van der Waals surface area contributed by atoms with Gasteiger partial charge in [0.1, 0.15) is 11.3 Å². The number of unbranched alkanes of at least 4 members (excludes halogenated alkanes) is 3. The van der Waals surface area contributed by atoms with Crippen molar-refractivity contribution in [1.82, 2.24) is 0 Å². The van der Waals surface area contributed by atoms with E-state index in [-0.39, 0.29) is 5.56 Å². The highest BCUT2D eigenvalue weighted by Gasteiger charge is 2.36. The number of halogens is 4. The van der Waals surface area contributed by atoms with E-state index in [1.54, 1.807) is 0 Å². The quantitative estimate of drug-likeness (QED) is 0.582. The molecule has 0 aliphatic heterocycles. The van der Waals surface area contributed by atoms with Crippen LogP contribution in [0.1, 0.15) is 36.8 Å². The van der Waals surface area contributed by atoms with Crippen molar-refractivity contribution in [3.05, 3.63) is 29.3 Å². The molecule has 1 nitrogen and oxygen atoms in total. The maximum Gasteiger partial charge on any atom is 0.420 e. The average Bonchev–Trinajstić information content (AvgIpc) is 2.27. The molecule has 0 aliphatic rings. The van der Waals surface area contributed by atoms with E-state index in [0.29, 0.717) is 12.8 Å². The van der Waals surface area contributed by atoms with Crippen molar-refractivity contribution in [2.75, 3.05) is 5.33 Å².